The number of hydrogen-bond donors (Lipinski definition) is 0. The van der Waals surface area contributed by atoms with E-state index in [1.165, 1.54) is 33.0 Å². The number of nitriles is 1. The van der Waals surface area contributed by atoms with Crippen molar-refractivity contribution in [1.29, 1.82) is 5.26 Å². The lowest BCUT2D eigenvalue weighted by Crippen LogP contribution is -1.88. The predicted octanol–water partition coefficient (Wildman–Crippen LogP) is 9.93. The summed E-state index contributed by atoms with van der Waals surface area (Å²) in [4.78, 5) is 4.86. The SMILES string of the molecule is N#Cc1ccc(-c2ccc(-c3ccc(-c4ccc(-c5ccc6ccccc6n5)cc4)c4ccccc34)cc2)cc1. The van der Waals surface area contributed by atoms with Gasteiger partial charge in [0, 0.05) is 10.9 Å². The molecule has 1 heterocycles. The first-order valence-corrected chi connectivity index (χ1v) is 13.4. The Morgan fingerprint density at radius 1 is 0.425 bits per heavy atom. The number of hydrogen-bond acceptors (Lipinski definition) is 2. The Hall–Kier alpha value is -5.52. The molecule has 0 saturated carbocycles. The van der Waals surface area contributed by atoms with Gasteiger partial charge >= 0.3 is 0 Å². The summed E-state index contributed by atoms with van der Waals surface area (Å²) in [6.45, 7) is 0. The van der Waals surface area contributed by atoms with E-state index >= 15 is 0 Å². The number of benzene rings is 6. The molecule has 7 aromatic rings. The number of fused-ring (bicyclic) bond motifs is 2. The average Bonchev–Trinajstić information content (AvgIpc) is 3.04. The smallest absolute Gasteiger partial charge is 0.0991 e. The molecule has 0 bridgehead atoms. The van der Waals surface area contributed by atoms with Gasteiger partial charge in [0.25, 0.3) is 0 Å². The number of pyridine rings is 1. The van der Waals surface area contributed by atoms with Crippen LogP contribution in [-0.2, 0) is 0 Å². The molecule has 40 heavy (non-hydrogen) atoms. The predicted molar refractivity (Wildman–Crippen MR) is 166 cm³/mol. The first kappa shape index (κ1) is 23.6. The minimum absolute atomic E-state index is 0.673. The molecular formula is C38H24N2. The number of para-hydroxylation sites is 1. The van der Waals surface area contributed by atoms with Crippen LogP contribution in [0.4, 0.5) is 0 Å². The minimum atomic E-state index is 0.673. The van der Waals surface area contributed by atoms with Crippen molar-refractivity contribution in [3.63, 3.8) is 0 Å². The van der Waals surface area contributed by atoms with Crippen LogP contribution >= 0.6 is 0 Å². The summed E-state index contributed by atoms with van der Waals surface area (Å²) in [5.74, 6) is 0. The molecular weight excluding hydrogens is 484 g/mol. The lowest BCUT2D eigenvalue weighted by Gasteiger charge is -2.13. The van der Waals surface area contributed by atoms with Crippen molar-refractivity contribution in [3.8, 4) is 50.7 Å². The third kappa shape index (κ3) is 4.30. The van der Waals surface area contributed by atoms with Crippen LogP contribution in [0.1, 0.15) is 5.56 Å². The minimum Gasteiger partial charge on any atom is -0.248 e. The van der Waals surface area contributed by atoms with Gasteiger partial charge < -0.3 is 0 Å². The topological polar surface area (TPSA) is 36.7 Å². The summed E-state index contributed by atoms with van der Waals surface area (Å²) in [5.41, 5.74) is 10.8. The summed E-state index contributed by atoms with van der Waals surface area (Å²) in [7, 11) is 0. The molecule has 0 saturated heterocycles. The fraction of sp³-hybridized carbons (Fsp3) is 0. The summed E-state index contributed by atoms with van der Waals surface area (Å²) >= 11 is 0. The van der Waals surface area contributed by atoms with Gasteiger partial charge in [0.05, 0.1) is 22.8 Å². The van der Waals surface area contributed by atoms with E-state index in [1.807, 2.05) is 36.4 Å². The fourth-order valence-corrected chi connectivity index (χ4v) is 5.43. The van der Waals surface area contributed by atoms with Crippen molar-refractivity contribution in [2.75, 3.05) is 0 Å². The largest absolute Gasteiger partial charge is 0.248 e. The van der Waals surface area contributed by atoms with Gasteiger partial charge in [-0.1, -0.05) is 121 Å². The molecule has 0 fully saturated rings. The molecule has 0 aliphatic rings. The quantitative estimate of drug-likeness (QED) is 0.237. The van der Waals surface area contributed by atoms with Gasteiger partial charge in [0.1, 0.15) is 0 Å². The summed E-state index contributed by atoms with van der Waals surface area (Å²) < 4.78 is 0. The van der Waals surface area contributed by atoms with E-state index < -0.39 is 0 Å². The van der Waals surface area contributed by atoms with Crippen LogP contribution in [0.3, 0.4) is 0 Å². The Kier molecular flexibility index (Phi) is 5.89. The van der Waals surface area contributed by atoms with Crippen LogP contribution in [-0.4, -0.2) is 4.98 Å². The molecule has 2 heteroatoms. The van der Waals surface area contributed by atoms with Crippen LogP contribution in [0.25, 0.3) is 66.3 Å². The van der Waals surface area contributed by atoms with Gasteiger partial charge in [-0.2, -0.15) is 5.26 Å². The number of nitrogens with zero attached hydrogens (tertiary/aromatic N) is 2. The maximum atomic E-state index is 9.08. The molecule has 1 aromatic heterocycles. The highest BCUT2D eigenvalue weighted by Gasteiger charge is 2.11. The Bertz CT molecular complexity index is 2030. The lowest BCUT2D eigenvalue weighted by molar-refractivity contribution is 1.40. The average molecular weight is 509 g/mol. The van der Waals surface area contributed by atoms with Gasteiger partial charge in [0.15, 0.2) is 0 Å². The van der Waals surface area contributed by atoms with Crippen LogP contribution in [0.5, 0.6) is 0 Å². The van der Waals surface area contributed by atoms with E-state index in [0.717, 1.165) is 33.3 Å². The van der Waals surface area contributed by atoms with Crippen molar-refractivity contribution in [2.24, 2.45) is 0 Å². The van der Waals surface area contributed by atoms with E-state index in [2.05, 4.69) is 115 Å². The highest BCUT2D eigenvalue weighted by Crippen LogP contribution is 2.37. The molecule has 0 unspecified atom stereocenters. The van der Waals surface area contributed by atoms with Gasteiger partial charge in [-0.3, -0.25) is 0 Å². The standard InChI is InChI=1S/C38H24N2/c39-25-26-9-11-27(12-10-26)28-13-15-29(16-14-28)33-22-23-34(36-7-3-2-6-35(33)36)30-17-19-32(20-18-30)38-24-21-31-5-1-4-8-37(31)40-38/h1-24H. The van der Waals surface area contributed by atoms with Crippen LogP contribution in [0.15, 0.2) is 146 Å². The normalized spacial score (nSPS) is 11.0. The highest BCUT2D eigenvalue weighted by atomic mass is 14.7. The monoisotopic (exact) mass is 508 g/mol. The van der Waals surface area contributed by atoms with Gasteiger partial charge in [0.2, 0.25) is 0 Å². The Morgan fingerprint density at radius 2 is 0.925 bits per heavy atom. The van der Waals surface area contributed by atoms with Crippen LogP contribution in [0.2, 0.25) is 0 Å². The van der Waals surface area contributed by atoms with Crippen molar-refractivity contribution in [1.82, 2.24) is 4.98 Å². The molecule has 0 aliphatic carbocycles. The van der Waals surface area contributed by atoms with Gasteiger partial charge in [-0.25, -0.2) is 4.98 Å². The third-order valence-corrected chi connectivity index (χ3v) is 7.56. The van der Waals surface area contributed by atoms with Crippen molar-refractivity contribution >= 4 is 21.7 Å². The van der Waals surface area contributed by atoms with Crippen LogP contribution < -0.4 is 0 Å². The Morgan fingerprint density at radius 3 is 1.52 bits per heavy atom. The zero-order chi connectivity index (χ0) is 26.9. The van der Waals surface area contributed by atoms with E-state index in [-0.39, 0.29) is 0 Å². The Balaban J connectivity index is 1.22. The molecule has 0 N–H and O–H groups in total. The second-order valence-electron chi connectivity index (χ2n) is 9.94. The molecule has 0 spiro atoms. The van der Waals surface area contributed by atoms with E-state index in [0.29, 0.717) is 5.56 Å². The molecule has 0 amide bonds. The second-order valence-corrected chi connectivity index (χ2v) is 9.94. The van der Waals surface area contributed by atoms with Crippen LogP contribution in [0, 0.1) is 11.3 Å². The molecule has 0 atom stereocenters. The van der Waals surface area contributed by atoms with Crippen molar-refractivity contribution in [2.45, 2.75) is 0 Å². The maximum absolute atomic E-state index is 9.08. The van der Waals surface area contributed by atoms with Crippen molar-refractivity contribution in [3.05, 3.63) is 151 Å². The molecule has 7 rings (SSSR count). The molecule has 0 radical (unpaired) electrons. The van der Waals surface area contributed by atoms with Gasteiger partial charge in [-0.15, -0.1) is 0 Å². The number of aromatic nitrogens is 1. The molecule has 186 valence electrons. The van der Waals surface area contributed by atoms with E-state index in [1.54, 1.807) is 0 Å². The first-order valence-electron chi connectivity index (χ1n) is 13.4. The molecule has 2 nitrogen and oxygen atoms in total. The van der Waals surface area contributed by atoms with Gasteiger partial charge in [-0.05, 0) is 68.4 Å². The van der Waals surface area contributed by atoms with Crippen molar-refractivity contribution < 1.29 is 0 Å². The zero-order valence-corrected chi connectivity index (χ0v) is 21.8. The molecule has 6 aromatic carbocycles. The molecule has 0 aliphatic heterocycles. The van der Waals surface area contributed by atoms with E-state index in [9.17, 15) is 0 Å². The fourth-order valence-electron chi connectivity index (χ4n) is 5.43. The third-order valence-electron chi connectivity index (χ3n) is 7.56. The Labute approximate surface area is 233 Å². The first-order chi connectivity index (χ1) is 19.8. The summed E-state index contributed by atoms with van der Waals surface area (Å²) in [6, 6.07) is 52.8. The maximum Gasteiger partial charge on any atom is 0.0991 e. The lowest BCUT2D eigenvalue weighted by atomic mass is 9.91. The number of rotatable bonds is 4. The highest BCUT2D eigenvalue weighted by molar-refractivity contribution is 6.05. The second kappa shape index (κ2) is 9.98. The summed E-state index contributed by atoms with van der Waals surface area (Å²) in [6.07, 6.45) is 0. The zero-order valence-electron chi connectivity index (χ0n) is 21.8. The summed E-state index contributed by atoms with van der Waals surface area (Å²) in [5, 5.41) is 12.7. The van der Waals surface area contributed by atoms with E-state index in [4.69, 9.17) is 10.2 Å².